The summed E-state index contributed by atoms with van der Waals surface area (Å²) in [7, 11) is 0. The van der Waals surface area contributed by atoms with Gasteiger partial charge in [0.2, 0.25) is 0 Å². The minimum Gasteiger partial charge on any atom is -0.305 e. The average molecular weight is 525 g/mol. The maximum absolute atomic E-state index is 13.6. The second kappa shape index (κ2) is 11.3. The second-order valence-corrected chi connectivity index (χ2v) is 10.4. The maximum atomic E-state index is 13.6. The van der Waals surface area contributed by atoms with Crippen LogP contribution in [0.4, 0.5) is 23.2 Å². The summed E-state index contributed by atoms with van der Waals surface area (Å²) in [6.07, 6.45) is 1.46. The predicted molar refractivity (Wildman–Crippen MR) is 141 cm³/mol. The molecule has 1 amide bonds. The Balaban J connectivity index is 1.39. The number of carbonyl (C=O) groups excluding carboxylic acids is 1. The summed E-state index contributed by atoms with van der Waals surface area (Å²) in [5.74, 6) is -0.426. The van der Waals surface area contributed by atoms with Crippen molar-refractivity contribution in [3.63, 3.8) is 0 Å². The molecule has 1 aliphatic heterocycles. The average Bonchev–Trinajstić information content (AvgIpc) is 2.94. The summed E-state index contributed by atoms with van der Waals surface area (Å²) < 4.78 is 54.1. The number of piperidine rings is 1. The van der Waals surface area contributed by atoms with Crippen molar-refractivity contribution in [2.45, 2.75) is 62.7 Å². The molecule has 2 unspecified atom stereocenters. The number of halogens is 4. The van der Waals surface area contributed by atoms with Gasteiger partial charge in [0, 0.05) is 36.4 Å². The molecule has 38 heavy (non-hydrogen) atoms. The summed E-state index contributed by atoms with van der Waals surface area (Å²) in [6, 6.07) is 20.9. The highest BCUT2D eigenvalue weighted by Crippen LogP contribution is 2.39. The van der Waals surface area contributed by atoms with Crippen LogP contribution in [0.1, 0.15) is 65.9 Å². The van der Waals surface area contributed by atoms with Crippen LogP contribution in [0, 0.1) is 5.82 Å². The number of hydrogen-bond acceptors (Lipinski definition) is 2. The number of rotatable bonds is 5. The number of amides is 1. The molecular weight excluding hydrogens is 492 g/mol. The van der Waals surface area contributed by atoms with Crippen LogP contribution < -0.4 is 4.90 Å². The predicted octanol–water partition coefficient (Wildman–Crippen LogP) is 7.68. The van der Waals surface area contributed by atoms with Gasteiger partial charge in [-0.05, 0) is 79.6 Å². The maximum Gasteiger partial charge on any atom is 0.416 e. The molecular formula is C31H32F4N2O. The minimum atomic E-state index is -4.52. The van der Waals surface area contributed by atoms with Gasteiger partial charge >= 0.3 is 6.18 Å². The van der Waals surface area contributed by atoms with Crippen LogP contribution in [0.25, 0.3) is 0 Å². The summed E-state index contributed by atoms with van der Waals surface area (Å²) in [5.41, 5.74) is 1.03. The topological polar surface area (TPSA) is 23.6 Å². The van der Waals surface area contributed by atoms with Crippen molar-refractivity contribution in [3.05, 3.63) is 101 Å². The third kappa shape index (κ3) is 5.78. The molecule has 3 aromatic carbocycles. The zero-order valence-electron chi connectivity index (χ0n) is 21.2. The van der Waals surface area contributed by atoms with Crippen molar-refractivity contribution in [1.29, 1.82) is 0 Å². The molecule has 2 fully saturated rings. The van der Waals surface area contributed by atoms with Crippen LogP contribution in [-0.4, -0.2) is 36.0 Å². The van der Waals surface area contributed by atoms with Gasteiger partial charge in [-0.1, -0.05) is 49.2 Å². The molecule has 3 aromatic rings. The Morgan fingerprint density at radius 1 is 0.816 bits per heavy atom. The van der Waals surface area contributed by atoms with E-state index in [1.165, 1.54) is 53.6 Å². The molecule has 5 rings (SSSR count). The third-order valence-electron chi connectivity index (χ3n) is 8.05. The number of anilines is 1. The summed E-state index contributed by atoms with van der Waals surface area (Å²) in [4.78, 5) is 17.7. The molecule has 0 spiro atoms. The molecule has 200 valence electrons. The van der Waals surface area contributed by atoms with Crippen LogP contribution in [0.3, 0.4) is 0 Å². The van der Waals surface area contributed by atoms with Crippen molar-refractivity contribution in [1.82, 2.24) is 4.90 Å². The zero-order valence-corrected chi connectivity index (χ0v) is 21.2. The Labute approximate surface area is 221 Å². The smallest absolute Gasteiger partial charge is 0.305 e. The van der Waals surface area contributed by atoms with Crippen molar-refractivity contribution in [2.75, 3.05) is 18.0 Å². The van der Waals surface area contributed by atoms with E-state index >= 15 is 0 Å². The van der Waals surface area contributed by atoms with Crippen molar-refractivity contribution < 1.29 is 22.4 Å². The summed E-state index contributed by atoms with van der Waals surface area (Å²) in [6.45, 7) is 1.54. The first kappa shape index (κ1) is 26.4. The lowest BCUT2D eigenvalue weighted by atomic mass is 9.78. The van der Waals surface area contributed by atoms with Crippen molar-refractivity contribution in [2.24, 2.45) is 0 Å². The molecule has 2 atom stereocenters. The van der Waals surface area contributed by atoms with Gasteiger partial charge in [0.15, 0.2) is 0 Å². The Morgan fingerprint density at radius 2 is 1.50 bits per heavy atom. The van der Waals surface area contributed by atoms with E-state index < -0.39 is 23.5 Å². The Kier molecular flexibility index (Phi) is 7.84. The molecule has 0 N–H and O–H groups in total. The van der Waals surface area contributed by atoms with Crippen molar-refractivity contribution in [3.8, 4) is 0 Å². The first-order valence-electron chi connectivity index (χ1n) is 13.4. The van der Waals surface area contributed by atoms with Gasteiger partial charge in [0.1, 0.15) is 5.82 Å². The summed E-state index contributed by atoms with van der Waals surface area (Å²) in [5, 5.41) is 0. The number of hydrogen-bond donors (Lipinski definition) is 0. The number of likely N-dealkylation sites (tertiary alicyclic amines) is 1. The fraction of sp³-hybridized carbons (Fsp3) is 0.387. The van der Waals surface area contributed by atoms with E-state index in [9.17, 15) is 22.4 Å². The molecule has 1 saturated heterocycles. The van der Waals surface area contributed by atoms with Crippen LogP contribution in [0.2, 0.25) is 0 Å². The molecule has 0 radical (unpaired) electrons. The normalized spacial score (nSPS) is 21.3. The molecule has 0 aromatic heterocycles. The highest BCUT2D eigenvalue weighted by atomic mass is 19.4. The van der Waals surface area contributed by atoms with Crippen molar-refractivity contribution >= 4 is 11.6 Å². The fourth-order valence-corrected chi connectivity index (χ4v) is 6.17. The van der Waals surface area contributed by atoms with E-state index in [4.69, 9.17) is 0 Å². The SMILES string of the molecule is O=C(c1ccc(F)cc1)N(c1cccc(C(F)(F)F)c1)C1CCN(C2CCCCC2c2ccccc2)CC1. The number of nitrogens with zero attached hydrogens (tertiary/aromatic N) is 2. The summed E-state index contributed by atoms with van der Waals surface area (Å²) >= 11 is 0. The molecule has 7 heteroatoms. The van der Waals surface area contributed by atoms with E-state index in [-0.39, 0.29) is 17.3 Å². The van der Waals surface area contributed by atoms with Gasteiger partial charge in [-0.2, -0.15) is 13.2 Å². The van der Waals surface area contributed by atoms with E-state index in [1.54, 1.807) is 6.07 Å². The largest absolute Gasteiger partial charge is 0.416 e. The molecule has 2 aliphatic rings. The van der Waals surface area contributed by atoms with Gasteiger partial charge in [0.05, 0.1) is 5.56 Å². The van der Waals surface area contributed by atoms with Gasteiger partial charge in [-0.25, -0.2) is 4.39 Å². The van der Waals surface area contributed by atoms with Gasteiger partial charge in [-0.3, -0.25) is 9.69 Å². The number of carbonyl (C=O) groups is 1. The van der Waals surface area contributed by atoms with E-state index in [2.05, 4.69) is 29.2 Å². The second-order valence-electron chi connectivity index (χ2n) is 10.4. The Bertz CT molecular complexity index is 1220. The minimum absolute atomic E-state index is 0.215. The van der Waals surface area contributed by atoms with Gasteiger partial charge in [0.25, 0.3) is 5.91 Å². The van der Waals surface area contributed by atoms with Crippen LogP contribution in [0.5, 0.6) is 0 Å². The fourth-order valence-electron chi connectivity index (χ4n) is 6.17. The lowest BCUT2D eigenvalue weighted by molar-refractivity contribution is -0.137. The highest BCUT2D eigenvalue weighted by molar-refractivity contribution is 6.06. The molecule has 3 nitrogen and oxygen atoms in total. The number of alkyl halides is 3. The lowest BCUT2D eigenvalue weighted by Gasteiger charge is -2.45. The lowest BCUT2D eigenvalue weighted by Crippen LogP contribution is -2.51. The monoisotopic (exact) mass is 524 g/mol. The standard InChI is InChI=1S/C31H32F4N2O/c32-25-15-13-23(14-16-25)30(38)37(27-10-6-9-24(21-27)31(33,34)35)26-17-19-36(20-18-26)29-12-5-4-11-28(29)22-7-2-1-3-8-22/h1-3,6-10,13-16,21,26,28-29H,4-5,11-12,17-20H2. The van der Waals surface area contributed by atoms with E-state index in [0.29, 0.717) is 24.8 Å². The molecule has 0 bridgehead atoms. The van der Waals surface area contributed by atoms with Gasteiger partial charge in [-0.15, -0.1) is 0 Å². The first-order valence-corrected chi connectivity index (χ1v) is 13.4. The van der Waals surface area contributed by atoms with Crippen LogP contribution in [-0.2, 0) is 6.18 Å². The Morgan fingerprint density at radius 3 is 2.18 bits per heavy atom. The van der Waals surface area contributed by atoms with E-state index in [1.807, 2.05) is 6.07 Å². The quantitative estimate of drug-likeness (QED) is 0.320. The third-order valence-corrected chi connectivity index (χ3v) is 8.05. The highest BCUT2D eigenvalue weighted by Gasteiger charge is 2.37. The van der Waals surface area contributed by atoms with Gasteiger partial charge < -0.3 is 4.90 Å². The molecule has 1 saturated carbocycles. The number of benzene rings is 3. The van der Waals surface area contributed by atoms with E-state index in [0.717, 1.165) is 38.1 Å². The van der Waals surface area contributed by atoms with Crippen LogP contribution in [0.15, 0.2) is 78.9 Å². The molecule has 1 heterocycles. The Hall–Kier alpha value is -3.19. The molecule has 1 aliphatic carbocycles. The van der Waals surface area contributed by atoms with Crippen LogP contribution >= 0.6 is 0 Å². The zero-order chi connectivity index (χ0) is 26.7. The first-order chi connectivity index (χ1) is 18.3.